The minimum atomic E-state index is -2.83. The van der Waals surface area contributed by atoms with E-state index in [0.717, 1.165) is 64.6 Å². The molecule has 0 bridgehead atoms. The quantitative estimate of drug-likeness (QED) is 0.310. The normalized spacial score (nSPS) is 13.3. The monoisotopic (exact) mass is 406 g/mol. The molecule has 5 heteroatoms. The molecule has 0 aromatic carbocycles. The van der Waals surface area contributed by atoms with E-state index in [1.165, 1.54) is 25.5 Å². The van der Waals surface area contributed by atoms with Gasteiger partial charge in [-0.3, -0.25) is 0 Å². The van der Waals surface area contributed by atoms with Crippen LogP contribution in [0.15, 0.2) is 0 Å². The summed E-state index contributed by atoms with van der Waals surface area (Å²) in [7, 11) is -2.83. The van der Waals surface area contributed by atoms with Crippen molar-refractivity contribution in [2.24, 2.45) is 10.8 Å². The maximum Gasteiger partial charge on any atom is 0.147 e. The first-order valence-corrected chi connectivity index (χ1v) is 12.9. The SMILES string of the molecule is CC(C)(CCCCO)CCCCOCCCCC(C)(C)CCCS(C)(=O)=O. The fourth-order valence-electron chi connectivity index (χ4n) is 3.50. The van der Waals surface area contributed by atoms with Gasteiger partial charge in [-0.25, -0.2) is 8.42 Å². The fourth-order valence-corrected chi connectivity index (χ4v) is 4.16. The smallest absolute Gasteiger partial charge is 0.147 e. The molecule has 0 aliphatic carbocycles. The van der Waals surface area contributed by atoms with Crippen LogP contribution in [0.2, 0.25) is 0 Å². The summed E-state index contributed by atoms with van der Waals surface area (Å²) in [5.74, 6) is 0.303. The van der Waals surface area contributed by atoms with Crippen LogP contribution in [-0.4, -0.2) is 45.4 Å². The second kappa shape index (κ2) is 13.9. The lowest BCUT2D eigenvalue weighted by atomic mass is 9.82. The van der Waals surface area contributed by atoms with Crippen molar-refractivity contribution in [2.45, 2.75) is 98.3 Å². The maximum atomic E-state index is 11.2. The summed E-state index contributed by atoms with van der Waals surface area (Å²) in [5, 5.41) is 8.87. The van der Waals surface area contributed by atoms with Crippen molar-refractivity contribution >= 4 is 9.84 Å². The molecule has 0 fully saturated rings. The van der Waals surface area contributed by atoms with Gasteiger partial charge in [-0.05, 0) is 62.2 Å². The minimum Gasteiger partial charge on any atom is -0.396 e. The molecule has 0 aliphatic rings. The zero-order valence-electron chi connectivity index (χ0n) is 18.7. The van der Waals surface area contributed by atoms with Crippen molar-refractivity contribution in [1.29, 1.82) is 0 Å². The van der Waals surface area contributed by atoms with Gasteiger partial charge in [0.15, 0.2) is 0 Å². The molecule has 0 aromatic heterocycles. The van der Waals surface area contributed by atoms with Crippen LogP contribution in [-0.2, 0) is 14.6 Å². The van der Waals surface area contributed by atoms with E-state index in [0.29, 0.717) is 17.8 Å². The molecule has 0 saturated carbocycles. The van der Waals surface area contributed by atoms with Crippen molar-refractivity contribution in [3.05, 3.63) is 0 Å². The minimum absolute atomic E-state index is 0.215. The molecule has 0 spiro atoms. The topological polar surface area (TPSA) is 63.6 Å². The Balaban J connectivity index is 3.58. The van der Waals surface area contributed by atoms with Crippen LogP contribution < -0.4 is 0 Å². The summed E-state index contributed by atoms with van der Waals surface area (Å²) >= 11 is 0. The number of rotatable bonds is 18. The van der Waals surface area contributed by atoms with Gasteiger partial charge in [0.25, 0.3) is 0 Å². The Morgan fingerprint density at radius 1 is 0.704 bits per heavy atom. The molecule has 0 amide bonds. The van der Waals surface area contributed by atoms with Crippen molar-refractivity contribution in [1.82, 2.24) is 0 Å². The van der Waals surface area contributed by atoms with E-state index < -0.39 is 9.84 Å². The van der Waals surface area contributed by atoms with Crippen LogP contribution in [0.3, 0.4) is 0 Å². The van der Waals surface area contributed by atoms with Crippen LogP contribution in [0, 0.1) is 10.8 Å². The van der Waals surface area contributed by atoms with E-state index in [-0.39, 0.29) is 5.41 Å². The average Bonchev–Trinajstić information content (AvgIpc) is 2.51. The van der Waals surface area contributed by atoms with E-state index in [1.54, 1.807) is 0 Å². The Bertz CT molecular complexity index is 455. The van der Waals surface area contributed by atoms with Gasteiger partial charge in [0, 0.05) is 31.8 Å². The van der Waals surface area contributed by atoms with Crippen LogP contribution >= 0.6 is 0 Å². The highest BCUT2D eigenvalue weighted by atomic mass is 32.2. The third-order valence-corrected chi connectivity index (χ3v) is 6.45. The lowest BCUT2D eigenvalue weighted by molar-refractivity contribution is 0.119. The third kappa shape index (κ3) is 19.0. The first-order chi connectivity index (χ1) is 12.5. The molecule has 0 saturated heterocycles. The second-order valence-electron chi connectivity index (χ2n) is 9.77. The number of aliphatic hydroxyl groups is 1. The Morgan fingerprint density at radius 2 is 1.11 bits per heavy atom. The van der Waals surface area contributed by atoms with E-state index >= 15 is 0 Å². The lowest BCUT2D eigenvalue weighted by Gasteiger charge is -2.24. The molecule has 0 atom stereocenters. The molecule has 0 unspecified atom stereocenters. The Hall–Kier alpha value is -0.130. The molecule has 0 aliphatic heterocycles. The molecule has 0 radical (unpaired) electrons. The number of unbranched alkanes of at least 4 members (excludes halogenated alkanes) is 3. The van der Waals surface area contributed by atoms with Gasteiger partial charge in [-0.2, -0.15) is 0 Å². The van der Waals surface area contributed by atoms with E-state index in [9.17, 15) is 8.42 Å². The summed E-state index contributed by atoms with van der Waals surface area (Å²) in [6.45, 7) is 11.1. The van der Waals surface area contributed by atoms with Gasteiger partial charge in [0.05, 0.1) is 0 Å². The summed E-state index contributed by atoms with van der Waals surface area (Å²) in [5.41, 5.74) is 0.587. The highest BCUT2D eigenvalue weighted by molar-refractivity contribution is 7.90. The van der Waals surface area contributed by atoms with Crippen LogP contribution in [0.5, 0.6) is 0 Å². The van der Waals surface area contributed by atoms with Crippen LogP contribution in [0.25, 0.3) is 0 Å². The summed E-state index contributed by atoms with van der Waals surface area (Å²) in [6.07, 6.45) is 13.2. The van der Waals surface area contributed by atoms with Gasteiger partial charge >= 0.3 is 0 Å². The molecule has 0 rings (SSSR count). The van der Waals surface area contributed by atoms with Gasteiger partial charge in [-0.15, -0.1) is 0 Å². The lowest BCUT2D eigenvalue weighted by Crippen LogP contribution is -2.14. The van der Waals surface area contributed by atoms with Gasteiger partial charge < -0.3 is 9.84 Å². The third-order valence-electron chi connectivity index (χ3n) is 5.41. The molecule has 0 aromatic rings. The van der Waals surface area contributed by atoms with Gasteiger partial charge in [0.1, 0.15) is 9.84 Å². The highest BCUT2D eigenvalue weighted by Gasteiger charge is 2.18. The number of hydrogen-bond donors (Lipinski definition) is 1. The van der Waals surface area contributed by atoms with E-state index in [2.05, 4.69) is 27.7 Å². The van der Waals surface area contributed by atoms with Crippen molar-refractivity contribution in [3.63, 3.8) is 0 Å². The molecule has 0 heterocycles. The predicted octanol–water partition coefficient (Wildman–Crippen LogP) is 5.38. The average molecular weight is 407 g/mol. The number of aliphatic hydroxyl groups excluding tert-OH is 1. The molecule has 164 valence electrons. The molecular formula is C22H46O4S. The fraction of sp³-hybridized carbons (Fsp3) is 1.00. The summed E-state index contributed by atoms with van der Waals surface area (Å²) in [4.78, 5) is 0. The standard InChI is InChI=1S/C22H46O4S/c1-21(2,13-6-9-17-23)14-7-10-18-26-19-11-8-15-22(3,4)16-12-20-27(5,24)25/h23H,6-20H2,1-5H3. The van der Waals surface area contributed by atoms with Crippen molar-refractivity contribution in [3.8, 4) is 0 Å². The predicted molar refractivity (Wildman–Crippen MR) is 116 cm³/mol. The molecule has 4 nitrogen and oxygen atoms in total. The highest BCUT2D eigenvalue weighted by Crippen LogP contribution is 2.30. The maximum absolute atomic E-state index is 11.2. The number of hydrogen-bond acceptors (Lipinski definition) is 4. The zero-order valence-corrected chi connectivity index (χ0v) is 19.5. The Labute approximate surface area is 169 Å². The Morgan fingerprint density at radius 3 is 1.52 bits per heavy atom. The largest absolute Gasteiger partial charge is 0.396 e. The van der Waals surface area contributed by atoms with Crippen molar-refractivity contribution in [2.75, 3.05) is 31.8 Å². The summed E-state index contributed by atoms with van der Waals surface area (Å²) < 4.78 is 28.2. The molecular weight excluding hydrogens is 360 g/mol. The molecule has 27 heavy (non-hydrogen) atoms. The Kier molecular flexibility index (Phi) is 13.9. The van der Waals surface area contributed by atoms with Crippen LogP contribution in [0.1, 0.15) is 98.3 Å². The molecule has 1 N–H and O–H groups in total. The number of ether oxygens (including phenoxy) is 1. The number of sulfone groups is 1. The zero-order chi connectivity index (χ0) is 20.8. The van der Waals surface area contributed by atoms with Crippen molar-refractivity contribution < 1.29 is 18.3 Å². The van der Waals surface area contributed by atoms with E-state index in [4.69, 9.17) is 9.84 Å². The first-order valence-electron chi connectivity index (χ1n) is 10.8. The second-order valence-corrected chi connectivity index (χ2v) is 12.0. The van der Waals surface area contributed by atoms with E-state index in [1.807, 2.05) is 0 Å². The van der Waals surface area contributed by atoms with Gasteiger partial charge in [0.2, 0.25) is 0 Å². The first kappa shape index (κ1) is 26.9. The van der Waals surface area contributed by atoms with Gasteiger partial charge in [-0.1, -0.05) is 47.0 Å². The van der Waals surface area contributed by atoms with Crippen LogP contribution in [0.4, 0.5) is 0 Å². The summed E-state index contributed by atoms with van der Waals surface area (Å²) in [6, 6.07) is 0.